The minimum absolute atomic E-state index is 0.788. The third-order valence-corrected chi connectivity index (χ3v) is 4.70. The molecule has 20 heavy (non-hydrogen) atoms. The zero-order valence-electron chi connectivity index (χ0n) is 11.1. The third-order valence-electron chi connectivity index (χ3n) is 2.84. The molecule has 3 aromatic rings. The lowest BCUT2D eigenvalue weighted by atomic mass is 10.3. The molecule has 0 spiro atoms. The van der Waals surface area contributed by atoms with Gasteiger partial charge in [-0.3, -0.25) is 4.99 Å². The Balaban J connectivity index is 2.07. The average Bonchev–Trinajstić information content (AvgIpc) is 3.16. The highest BCUT2D eigenvalue weighted by Gasteiger charge is 2.09. The highest BCUT2D eigenvalue weighted by molar-refractivity contribution is 7.11. The number of hydrogen-bond acceptors (Lipinski definition) is 5. The Morgan fingerprint density at radius 2 is 2.20 bits per heavy atom. The summed E-state index contributed by atoms with van der Waals surface area (Å²) in [5, 5.41) is 8.62. The van der Waals surface area contributed by atoms with E-state index in [1.54, 1.807) is 36.0 Å². The van der Waals surface area contributed by atoms with Crippen molar-refractivity contribution >= 4 is 28.9 Å². The van der Waals surface area contributed by atoms with Crippen LogP contribution in [-0.2, 0) is 0 Å². The van der Waals surface area contributed by atoms with Crippen LogP contribution in [-0.4, -0.2) is 17.9 Å². The van der Waals surface area contributed by atoms with Crippen LogP contribution in [0, 0.1) is 6.92 Å². The fraction of sp³-hybridized carbons (Fsp3) is 0.143. The number of aryl methyl sites for hydroxylation is 1. The van der Waals surface area contributed by atoms with Gasteiger partial charge in [0.15, 0.2) is 5.76 Å². The number of thiophene rings is 1. The zero-order valence-corrected chi connectivity index (χ0v) is 12.7. The molecule has 3 rings (SSSR count). The molecular weight excluding hydrogens is 290 g/mol. The molecule has 6 heteroatoms. The minimum atomic E-state index is 0.788. The monoisotopic (exact) mass is 303 g/mol. The van der Waals surface area contributed by atoms with Gasteiger partial charge in [-0.1, -0.05) is 0 Å². The van der Waals surface area contributed by atoms with Crippen molar-refractivity contribution in [2.75, 3.05) is 7.05 Å². The predicted molar refractivity (Wildman–Crippen MR) is 83.5 cm³/mol. The first kappa shape index (κ1) is 13.1. The normalized spacial score (nSPS) is 12.6. The van der Waals surface area contributed by atoms with Gasteiger partial charge in [-0.05, 0) is 36.1 Å². The molecule has 102 valence electrons. The van der Waals surface area contributed by atoms with Gasteiger partial charge in [-0.25, -0.2) is 4.68 Å². The molecule has 0 aromatic carbocycles. The Morgan fingerprint density at radius 3 is 2.85 bits per heavy atom. The van der Waals surface area contributed by atoms with Crippen molar-refractivity contribution in [1.29, 1.82) is 0 Å². The molecule has 0 amide bonds. The van der Waals surface area contributed by atoms with E-state index >= 15 is 0 Å². The lowest BCUT2D eigenvalue weighted by molar-refractivity contribution is 0.575. The van der Waals surface area contributed by atoms with Gasteiger partial charge in [0.1, 0.15) is 5.69 Å². The van der Waals surface area contributed by atoms with E-state index in [1.807, 2.05) is 28.4 Å². The molecule has 0 saturated carbocycles. The minimum Gasteiger partial charge on any atom is -0.463 e. The predicted octanol–water partition coefficient (Wildman–Crippen LogP) is 3.59. The van der Waals surface area contributed by atoms with Crippen molar-refractivity contribution in [3.8, 4) is 11.5 Å². The fourth-order valence-electron chi connectivity index (χ4n) is 1.78. The van der Waals surface area contributed by atoms with E-state index in [0.29, 0.717) is 0 Å². The molecule has 0 atom stereocenters. The van der Waals surface area contributed by atoms with Crippen LogP contribution >= 0.6 is 22.7 Å². The van der Waals surface area contributed by atoms with Crippen LogP contribution in [0.3, 0.4) is 0 Å². The topological polar surface area (TPSA) is 42.8 Å². The molecule has 0 unspecified atom stereocenters. The van der Waals surface area contributed by atoms with Crippen LogP contribution in [0.1, 0.15) is 10.4 Å². The van der Waals surface area contributed by atoms with Crippen LogP contribution in [0.15, 0.2) is 49.7 Å². The van der Waals surface area contributed by atoms with Gasteiger partial charge < -0.3 is 4.42 Å². The van der Waals surface area contributed by atoms with Crippen LogP contribution < -0.4 is 4.80 Å². The maximum Gasteiger partial charge on any atom is 0.206 e. The fourth-order valence-corrected chi connectivity index (χ4v) is 3.35. The van der Waals surface area contributed by atoms with Crippen molar-refractivity contribution in [3.05, 3.63) is 50.5 Å². The largest absolute Gasteiger partial charge is 0.463 e. The van der Waals surface area contributed by atoms with Crippen molar-refractivity contribution in [3.63, 3.8) is 0 Å². The Kier molecular flexibility index (Phi) is 3.66. The molecule has 0 aliphatic heterocycles. The summed E-state index contributed by atoms with van der Waals surface area (Å²) in [5.41, 5.74) is 2.13. The Labute approximate surface area is 124 Å². The van der Waals surface area contributed by atoms with Gasteiger partial charge in [0, 0.05) is 12.4 Å². The molecule has 3 aromatic heterocycles. The summed E-state index contributed by atoms with van der Waals surface area (Å²) < 4.78 is 7.26. The van der Waals surface area contributed by atoms with E-state index in [9.17, 15) is 0 Å². The Morgan fingerprint density at radius 1 is 1.30 bits per heavy atom. The molecule has 0 bridgehead atoms. The smallest absolute Gasteiger partial charge is 0.206 e. The number of thiazole rings is 1. The first-order valence-electron chi connectivity index (χ1n) is 6.05. The van der Waals surface area contributed by atoms with Crippen molar-refractivity contribution in [2.24, 2.45) is 10.1 Å². The molecule has 0 N–H and O–H groups in total. The number of nitrogens with zero attached hydrogens (tertiary/aromatic N) is 3. The van der Waals surface area contributed by atoms with E-state index in [4.69, 9.17) is 4.42 Å². The first-order valence-corrected chi connectivity index (χ1v) is 7.81. The van der Waals surface area contributed by atoms with E-state index in [-0.39, 0.29) is 0 Å². The quantitative estimate of drug-likeness (QED) is 0.682. The maximum atomic E-state index is 5.45. The van der Waals surface area contributed by atoms with Crippen LogP contribution in [0.25, 0.3) is 11.5 Å². The second-order valence-electron chi connectivity index (χ2n) is 4.13. The first-order chi connectivity index (χ1) is 9.79. The van der Waals surface area contributed by atoms with Crippen LogP contribution in [0.2, 0.25) is 0 Å². The zero-order chi connectivity index (χ0) is 13.9. The van der Waals surface area contributed by atoms with Crippen molar-refractivity contribution in [2.45, 2.75) is 6.92 Å². The van der Waals surface area contributed by atoms with Crippen LogP contribution in [0.4, 0.5) is 0 Å². The summed E-state index contributed by atoms with van der Waals surface area (Å²) >= 11 is 3.22. The molecule has 0 saturated heterocycles. The van der Waals surface area contributed by atoms with Gasteiger partial charge in [0.25, 0.3) is 0 Å². The van der Waals surface area contributed by atoms with E-state index in [2.05, 4.69) is 28.5 Å². The Hall–Kier alpha value is -1.92. The lowest BCUT2D eigenvalue weighted by Gasteiger charge is -1.99. The molecule has 3 heterocycles. The Bertz CT molecular complexity index is 791. The van der Waals surface area contributed by atoms with Gasteiger partial charge in [0.05, 0.1) is 17.4 Å². The van der Waals surface area contributed by atoms with Crippen molar-refractivity contribution < 1.29 is 4.42 Å². The maximum absolute atomic E-state index is 5.45. The number of rotatable bonds is 3. The second kappa shape index (κ2) is 5.60. The summed E-state index contributed by atoms with van der Waals surface area (Å²) in [7, 11) is 1.76. The standard InChI is InChI=1S/C14H13N3OS2/c1-10-5-7-19-13(10)8-16-17-11(9-20-14(17)15-2)12-4-3-6-18-12/h3-9H,1-2H3/b15-14?,16-8+. The van der Waals surface area contributed by atoms with Gasteiger partial charge in [0.2, 0.25) is 4.80 Å². The van der Waals surface area contributed by atoms with E-state index < -0.39 is 0 Å². The SMILES string of the molecule is CN=c1scc(-c2ccco2)n1/N=C/c1sccc1C. The van der Waals surface area contributed by atoms with Gasteiger partial charge >= 0.3 is 0 Å². The lowest BCUT2D eigenvalue weighted by Crippen LogP contribution is -2.11. The number of furan rings is 1. The summed E-state index contributed by atoms with van der Waals surface area (Å²) in [6.45, 7) is 2.08. The third kappa shape index (κ3) is 2.39. The van der Waals surface area contributed by atoms with E-state index in [0.717, 1.165) is 21.1 Å². The van der Waals surface area contributed by atoms with Gasteiger partial charge in [-0.15, -0.1) is 22.7 Å². The van der Waals surface area contributed by atoms with E-state index in [1.165, 1.54) is 5.56 Å². The summed E-state index contributed by atoms with van der Waals surface area (Å²) in [6.07, 6.45) is 3.53. The van der Waals surface area contributed by atoms with Crippen LogP contribution in [0.5, 0.6) is 0 Å². The number of aromatic nitrogens is 1. The molecular formula is C14H13N3OS2. The molecule has 0 fully saturated rings. The molecule has 4 nitrogen and oxygen atoms in total. The summed E-state index contributed by atoms with van der Waals surface area (Å²) in [4.78, 5) is 6.24. The highest BCUT2D eigenvalue weighted by Crippen LogP contribution is 2.20. The molecule has 0 aliphatic carbocycles. The number of hydrogen-bond donors (Lipinski definition) is 0. The van der Waals surface area contributed by atoms with Crippen molar-refractivity contribution in [1.82, 2.24) is 4.68 Å². The summed E-state index contributed by atoms with van der Waals surface area (Å²) in [6, 6.07) is 5.87. The highest BCUT2D eigenvalue weighted by atomic mass is 32.1. The average molecular weight is 303 g/mol. The second-order valence-corrected chi connectivity index (χ2v) is 5.91. The molecule has 0 radical (unpaired) electrons. The summed E-state index contributed by atoms with van der Waals surface area (Å²) in [5.74, 6) is 0.788. The molecule has 0 aliphatic rings. The van der Waals surface area contributed by atoms with Gasteiger partial charge in [-0.2, -0.15) is 5.10 Å².